The Kier molecular flexibility index (Phi) is 3.76. The minimum atomic E-state index is -0.135. The number of nitrogen functional groups attached to an aromatic ring is 1. The van der Waals surface area contributed by atoms with Crippen molar-refractivity contribution in [3.63, 3.8) is 0 Å². The number of carbonyl (C=O) groups excluding carboxylic acids is 1. The molecule has 0 spiro atoms. The topological polar surface area (TPSA) is 99.9 Å². The molecule has 100 valence electrons. The first-order chi connectivity index (χ1) is 9.11. The van der Waals surface area contributed by atoms with Crippen molar-refractivity contribution in [1.82, 2.24) is 20.1 Å². The second-order valence-electron chi connectivity index (χ2n) is 4.29. The maximum absolute atomic E-state index is 12.3. The van der Waals surface area contributed by atoms with E-state index < -0.39 is 0 Å². The van der Waals surface area contributed by atoms with Crippen LogP contribution in [0, 0.1) is 6.92 Å². The molecule has 2 aromatic rings. The molecule has 0 bridgehead atoms. The molecule has 0 unspecified atom stereocenters. The number of benzene rings is 1. The van der Waals surface area contributed by atoms with E-state index in [0.717, 1.165) is 5.56 Å². The average Bonchev–Trinajstić information content (AvgIpc) is 2.90. The summed E-state index contributed by atoms with van der Waals surface area (Å²) in [5, 5.41) is 6.46. The molecule has 7 nitrogen and oxygen atoms in total. The third kappa shape index (κ3) is 2.89. The van der Waals surface area contributed by atoms with Gasteiger partial charge in [0.25, 0.3) is 5.91 Å². The molecule has 1 amide bonds. The number of rotatable bonds is 4. The minimum absolute atomic E-state index is 0.135. The Bertz CT molecular complexity index is 566. The Morgan fingerprint density at radius 2 is 2.32 bits per heavy atom. The summed E-state index contributed by atoms with van der Waals surface area (Å²) in [6.45, 7) is 2.30. The van der Waals surface area contributed by atoms with Crippen LogP contribution in [0.5, 0.6) is 0 Å². The van der Waals surface area contributed by atoms with E-state index in [1.54, 1.807) is 18.0 Å². The zero-order valence-electron chi connectivity index (χ0n) is 10.8. The Hall–Kier alpha value is -2.41. The molecule has 0 saturated carbocycles. The highest BCUT2D eigenvalue weighted by molar-refractivity contribution is 5.99. The highest BCUT2D eigenvalue weighted by Gasteiger charge is 2.16. The van der Waals surface area contributed by atoms with Crippen molar-refractivity contribution in [3.05, 3.63) is 41.5 Å². The number of carbonyl (C=O) groups is 1. The van der Waals surface area contributed by atoms with Crippen LogP contribution < -0.4 is 11.3 Å². The summed E-state index contributed by atoms with van der Waals surface area (Å²) in [4.78, 5) is 17.9. The molecule has 4 N–H and O–H groups in total. The van der Waals surface area contributed by atoms with Gasteiger partial charge in [-0.05, 0) is 24.6 Å². The van der Waals surface area contributed by atoms with Gasteiger partial charge in [-0.1, -0.05) is 6.07 Å². The largest absolute Gasteiger partial charge is 0.334 e. The van der Waals surface area contributed by atoms with E-state index in [1.807, 2.05) is 19.1 Å². The van der Waals surface area contributed by atoms with Gasteiger partial charge in [-0.2, -0.15) is 5.10 Å². The molecule has 0 saturated heterocycles. The van der Waals surface area contributed by atoms with Gasteiger partial charge in [0, 0.05) is 7.05 Å². The summed E-state index contributed by atoms with van der Waals surface area (Å²) >= 11 is 0. The van der Waals surface area contributed by atoms with Crippen LogP contribution in [0.15, 0.2) is 24.5 Å². The molecule has 0 atom stereocenters. The minimum Gasteiger partial charge on any atom is -0.334 e. The number of nitrogens with zero attached hydrogens (tertiary/aromatic N) is 3. The van der Waals surface area contributed by atoms with Crippen LogP contribution in [0.1, 0.15) is 21.7 Å². The van der Waals surface area contributed by atoms with Gasteiger partial charge in [0.05, 0.1) is 17.8 Å². The number of nitrogens with one attached hydrogen (secondary N) is 2. The summed E-state index contributed by atoms with van der Waals surface area (Å²) < 4.78 is 0. The van der Waals surface area contributed by atoms with Crippen molar-refractivity contribution in [1.29, 1.82) is 0 Å². The fourth-order valence-electron chi connectivity index (χ4n) is 1.77. The third-order valence-corrected chi connectivity index (χ3v) is 2.76. The molecule has 0 aliphatic carbocycles. The summed E-state index contributed by atoms with van der Waals surface area (Å²) in [6.07, 6.45) is 1.41. The van der Waals surface area contributed by atoms with E-state index in [2.05, 4.69) is 20.6 Å². The van der Waals surface area contributed by atoms with E-state index in [1.165, 1.54) is 6.33 Å². The Morgan fingerprint density at radius 3 is 2.95 bits per heavy atom. The summed E-state index contributed by atoms with van der Waals surface area (Å²) in [5.74, 6) is 5.94. The van der Waals surface area contributed by atoms with Crippen LogP contribution >= 0.6 is 0 Å². The van der Waals surface area contributed by atoms with Gasteiger partial charge in [-0.15, -0.1) is 0 Å². The van der Waals surface area contributed by atoms with Gasteiger partial charge < -0.3 is 10.3 Å². The standard InChI is InChI=1S/C12H16N6O/c1-8-3-4-9(10(5-8)16-13)12(19)18(2)6-11-14-7-15-17-11/h3-5,7,16H,6,13H2,1-2H3,(H,14,15,17). The average molecular weight is 260 g/mol. The van der Waals surface area contributed by atoms with Gasteiger partial charge in [0.15, 0.2) is 0 Å². The molecule has 0 aliphatic rings. The molecule has 19 heavy (non-hydrogen) atoms. The molecule has 1 aromatic heterocycles. The quantitative estimate of drug-likeness (QED) is 0.554. The van der Waals surface area contributed by atoms with Gasteiger partial charge in [0.1, 0.15) is 12.2 Å². The first-order valence-electron chi connectivity index (χ1n) is 5.79. The molecule has 1 aromatic carbocycles. The highest BCUT2D eigenvalue weighted by atomic mass is 16.2. The zero-order chi connectivity index (χ0) is 13.8. The number of hydrazine groups is 1. The van der Waals surface area contributed by atoms with Gasteiger partial charge >= 0.3 is 0 Å². The number of anilines is 1. The van der Waals surface area contributed by atoms with Crippen LogP contribution in [-0.4, -0.2) is 33.0 Å². The third-order valence-electron chi connectivity index (χ3n) is 2.76. The Morgan fingerprint density at radius 1 is 1.53 bits per heavy atom. The molecule has 7 heteroatoms. The number of nitrogens with two attached hydrogens (primary N) is 1. The lowest BCUT2D eigenvalue weighted by Crippen LogP contribution is -2.28. The normalized spacial score (nSPS) is 10.3. The highest BCUT2D eigenvalue weighted by Crippen LogP contribution is 2.18. The summed E-state index contributed by atoms with van der Waals surface area (Å²) in [5.41, 5.74) is 4.71. The monoisotopic (exact) mass is 260 g/mol. The number of amides is 1. The van der Waals surface area contributed by atoms with Crippen LogP contribution in [0.2, 0.25) is 0 Å². The second kappa shape index (κ2) is 5.49. The second-order valence-corrected chi connectivity index (χ2v) is 4.29. The van der Waals surface area contributed by atoms with Gasteiger partial charge in [-0.25, -0.2) is 4.98 Å². The predicted molar refractivity (Wildman–Crippen MR) is 71.2 cm³/mol. The molecule has 0 radical (unpaired) electrons. The first-order valence-corrected chi connectivity index (χ1v) is 5.79. The molecule has 0 aliphatic heterocycles. The number of aromatic nitrogens is 3. The summed E-state index contributed by atoms with van der Waals surface area (Å²) in [7, 11) is 1.70. The lowest BCUT2D eigenvalue weighted by Gasteiger charge is -2.18. The predicted octanol–water partition coefficient (Wildman–Crippen LogP) is 0.671. The van der Waals surface area contributed by atoms with Crippen LogP contribution in [0.4, 0.5) is 5.69 Å². The maximum atomic E-state index is 12.3. The molecule has 0 fully saturated rings. The first kappa shape index (κ1) is 13.0. The lowest BCUT2D eigenvalue weighted by atomic mass is 10.1. The van der Waals surface area contributed by atoms with Crippen molar-refractivity contribution >= 4 is 11.6 Å². The van der Waals surface area contributed by atoms with Crippen LogP contribution in [0.25, 0.3) is 0 Å². The van der Waals surface area contributed by atoms with Crippen molar-refractivity contribution in [2.45, 2.75) is 13.5 Å². The Labute approximate surface area is 110 Å². The number of H-pyrrole nitrogens is 1. The lowest BCUT2D eigenvalue weighted by molar-refractivity contribution is 0.0782. The van der Waals surface area contributed by atoms with E-state index in [4.69, 9.17) is 5.84 Å². The van der Waals surface area contributed by atoms with Crippen LogP contribution in [-0.2, 0) is 6.54 Å². The van der Waals surface area contributed by atoms with E-state index in [0.29, 0.717) is 23.6 Å². The number of hydrogen-bond donors (Lipinski definition) is 3. The molecule has 1 heterocycles. The fourth-order valence-corrected chi connectivity index (χ4v) is 1.77. The van der Waals surface area contributed by atoms with E-state index in [-0.39, 0.29) is 5.91 Å². The molecular formula is C12H16N6O. The number of aromatic amines is 1. The number of aryl methyl sites for hydroxylation is 1. The zero-order valence-corrected chi connectivity index (χ0v) is 10.8. The van der Waals surface area contributed by atoms with Crippen molar-refractivity contribution in [2.24, 2.45) is 5.84 Å². The summed E-state index contributed by atoms with van der Waals surface area (Å²) in [6, 6.07) is 5.45. The fraction of sp³-hybridized carbons (Fsp3) is 0.250. The SMILES string of the molecule is Cc1ccc(C(=O)N(C)Cc2ncn[nH]2)c(NN)c1. The van der Waals surface area contributed by atoms with Crippen molar-refractivity contribution in [3.8, 4) is 0 Å². The van der Waals surface area contributed by atoms with Gasteiger partial charge in [0.2, 0.25) is 0 Å². The van der Waals surface area contributed by atoms with E-state index in [9.17, 15) is 4.79 Å². The van der Waals surface area contributed by atoms with Gasteiger partial charge in [-0.3, -0.25) is 15.7 Å². The number of hydrogen-bond acceptors (Lipinski definition) is 5. The Balaban J connectivity index is 2.19. The molecule has 2 rings (SSSR count). The van der Waals surface area contributed by atoms with Crippen LogP contribution in [0.3, 0.4) is 0 Å². The van der Waals surface area contributed by atoms with E-state index >= 15 is 0 Å². The van der Waals surface area contributed by atoms with Crippen molar-refractivity contribution < 1.29 is 4.79 Å². The molecular weight excluding hydrogens is 244 g/mol. The maximum Gasteiger partial charge on any atom is 0.256 e. The van der Waals surface area contributed by atoms with Crippen molar-refractivity contribution in [2.75, 3.05) is 12.5 Å². The smallest absolute Gasteiger partial charge is 0.256 e.